The Hall–Kier alpha value is -0.530. The Morgan fingerprint density at radius 1 is 0.486 bits per heavy atom. The summed E-state index contributed by atoms with van der Waals surface area (Å²) in [6, 6.07) is 8.88. The number of rotatable bonds is 25. The molecule has 0 unspecified atom stereocenters. The van der Waals surface area contributed by atoms with Gasteiger partial charge in [0.05, 0.1) is 0 Å². The van der Waals surface area contributed by atoms with Gasteiger partial charge in [0.15, 0.2) is 0 Å². The van der Waals surface area contributed by atoms with E-state index < -0.39 is 0 Å². The van der Waals surface area contributed by atoms with Crippen molar-refractivity contribution in [3.8, 4) is 0 Å². The second-order valence-corrected chi connectivity index (χ2v) is 10.9. The monoisotopic (exact) mass is 507 g/mol. The van der Waals surface area contributed by atoms with Gasteiger partial charge in [-0.2, -0.15) is 0 Å². The van der Waals surface area contributed by atoms with Crippen molar-refractivity contribution in [3.05, 3.63) is 35.4 Å². The van der Waals surface area contributed by atoms with Crippen LogP contribution in [0.1, 0.15) is 153 Å². The quantitative estimate of drug-likeness (QED) is 0.119. The highest BCUT2D eigenvalue weighted by molar-refractivity contribution is 5.85. The van der Waals surface area contributed by atoms with E-state index in [0.717, 1.165) is 0 Å². The SMILES string of the molecule is CCCN(CCC)CCCCCCCCCCCCCCCCCCCCc1ccccc1C.Cl. The Balaban J connectivity index is 0.0000116. The van der Waals surface area contributed by atoms with E-state index in [2.05, 4.69) is 49.9 Å². The highest BCUT2D eigenvalue weighted by Gasteiger charge is 2.02. The van der Waals surface area contributed by atoms with Crippen LogP contribution in [0.15, 0.2) is 24.3 Å². The molecule has 0 fully saturated rings. The predicted octanol–water partition coefficient (Wildman–Crippen LogP) is 11.1. The maximum absolute atomic E-state index is 2.66. The van der Waals surface area contributed by atoms with Gasteiger partial charge in [-0.1, -0.05) is 141 Å². The average Bonchev–Trinajstić information content (AvgIpc) is 2.84. The molecule has 1 aromatic rings. The van der Waals surface area contributed by atoms with Crippen molar-refractivity contribution >= 4 is 12.4 Å². The lowest BCUT2D eigenvalue weighted by Gasteiger charge is -2.20. The van der Waals surface area contributed by atoms with E-state index in [9.17, 15) is 0 Å². The molecule has 206 valence electrons. The summed E-state index contributed by atoms with van der Waals surface area (Å²) in [5.74, 6) is 0. The second kappa shape index (κ2) is 26.5. The molecule has 0 saturated carbocycles. The first-order valence-corrected chi connectivity index (χ1v) is 15.5. The van der Waals surface area contributed by atoms with Crippen LogP contribution in [0.2, 0.25) is 0 Å². The van der Waals surface area contributed by atoms with Crippen LogP contribution in [0.3, 0.4) is 0 Å². The van der Waals surface area contributed by atoms with Crippen LogP contribution in [-0.2, 0) is 6.42 Å². The van der Waals surface area contributed by atoms with E-state index in [1.54, 1.807) is 5.56 Å². The molecule has 1 nitrogen and oxygen atoms in total. The van der Waals surface area contributed by atoms with Crippen LogP contribution in [0, 0.1) is 6.92 Å². The largest absolute Gasteiger partial charge is 0.303 e. The highest BCUT2D eigenvalue weighted by Crippen LogP contribution is 2.16. The average molecular weight is 508 g/mol. The summed E-state index contributed by atoms with van der Waals surface area (Å²) in [5.41, 5.74) is 3.01. The molecule has 0 spiro atoms. The van der Waals surface area contributed by atoms with E-state index >= 15 is 0 Å². The number of nitrogens with zero attached hydrogens (tertiary/aromatic N) is 1. The first-order chi connectivity index (χ1) is 16.8. The van der Waals surface area contributed by atoms with Crippen molar-refractivity contribution in [3.63, 3.8) is 0 Å². The van der Waals surface area contributed by atoms with Gasteiger partial charge < -0.3 is 4.90 Å². The Kier molecular flexibility index (Phi) is 26.1. The van der Waals surface area contributed by atoms with Gasteiger partial charge in [-0.05, 0) is 69.8 Å². The number of unbranched alkanes of at least 4 members (excludes halogenated alkanes) is 17. The minimum absolute atomic E-state index is 0. The second-order valence-electron chi connectivity index (χ2n) is 10.9. The van der Waals surface area contributed by atoms with Gasteiger partial charge in [0, 0.05) is 0 Å². The lowest BCUT2D eigenvalue weighted by atomic mass is 10.0. The van der Waals surface area contributed by atoms with Crippen LogP contribution in [-0.4, -0.2) is 24.5 Å². The van der Waals surface area contributed by atoms with Crippen LogP contribution < -0.4 is 0 Å². The fourth-order valence-corrected chi connectivity index (χ4v) is 5.34. The summed E-state index contributed by atoms with van der Waals surface area (Å²) in [4.78, 5) is 2.66. The van der Waals surface area contributed by atoms with Gasteiger partial charge in [-0.25, -0.2) is 0 Å². The van der Waals surface area contributed by atoms with Crippen molar-refractivity contribution in [1.29, 1.82) is 0 Å². The molecular weight excluding hydrogens is 446 g/mol. The molecule has 0 N–H and O–H groups in total. The zero-order chi connectivity index (χ0) is 24.5. The maximum atomic E-state index is 2.66. The van der Waals surface area contributed by atoms with Crippen LogP contribution in [0.4, 0.5) is 0 Å². The summed E-state index contributed by atoms with van der Waals surface area (Å²) < 4.78 is 0. The van der Waals surface area contributed by atoms with E-state index in [4.69, 9.17) is 0 Å². The van der Waals surface area contributed by atoms with E-state index in [-0.39, 0.29) is 12.4 Å². The molecule has 0 radical (unpaired) electrons. The normalized spacial score (nSPS) is 11.2. The Morgan fingerprint density at radius 2 is 0.857 bits per heavy atom. The van der Waals surface area contributed by atoms with Crippen molar-refractivity contribution in [2.24, 2.45) is 0 Å². The fraction of sp³-hybridized carbons (Fsp3) is 0.818. The van der Waals surface area contributed by atoms with Gasteiger partial charge >= 0.3 is 0 Å². The van der Waals surface area contributed by atoms with Gasteiger partial charge in [0.1, 0.15) is 0 Å². The third-order valence-electron chi connectivity index (χ3n) is 7.51. The molecule has 0 aliphatic heterocycles. The summed E-state index contributed by atoms with van der Waals surface area (Å²) in [5, 5.41) is 0. The molecule has 0 saturated heterocycles. The lowest BCUT2D eigenvalue weighted by Crippen LogP contribution is -2.26. The van der Waals surface area contributed by atoms with Crippen LogP contribution in [0.25, 0.3) is 0 Å². The summed E-state index contributed by atoms with van der Waals surface area (Å²) in [6.07, 6.45) is 30.0. The molecule has 0 atom stereocenters. The molecule has 0 bridgehead atoms. The molecule has 0 heterocycles. The predicted molar refractivity (Wildman–Crippen MR) is 162 cm³/mol. The standard InChI is InChI=1S/C33H61N.ClH/c1-4-29-34(30-5-2)31-25-21-19-17-15-13-11-9-7-6-8-10-12-14-16-18-20-22-27-33-28-24-23-26-32(33)3;/h23-24,26,28H,4-22,25,27,29-31H2,1-3H3;1H. The number of aryl methyl sites for hydroxylation is 2. The Labute approximate surface area is 227 Å². The summed E-state index contributed by atoms with van der Waals surface area (Å²) in [6.45, 7) is 10.8. The maximum Gasteiger partial charge on any atom is -0.00187 e. The van der Waals surface area contributed by atoms with E-state index in [1.807, 2.05) is 0 Å². The van der Waals surface area contributed by atoms with Gasteiger partial charge in [0.25, 0.3) is 0 Å². The molecule has 35 heavy (non-hydrogen) atoms. The molecule has 1 rings (SSSR count). The Morgan fingerprint density at radius 3 is 1.26 bits per heavy atom. The van der Waals surface area contributed by atoms with Gasteiger partial charge in [-0.3, -0.25) is 0 Å². The first kappa shape index (κ1) is 34.5. The first-order valence-electron chi connectivity index (χ1n) is 15.5. The van der Waals surface area contributed by atoms with Crippen LogP contribution >= 0.6 is 12.4 Å². The topological polar surface area (TPSA) is 3.24 Å². The van der Waals surface area contributed by atoms with Gasteiger partial charge in [0.2, 0.25) is 0 Å². The molecule has 2 heteroatoms. The number of benzene rings is 1. The van der Waals surface area contributed by atoms with E-state index in [0.29, 0.717) is 0 Å². The van der Waals surface area contributed by atoms with Crippen molar-refractivity contribution in [2.45, 2.75) is 156 Å². The minimum atomic E-state index is 0. The molecule has 0 aromatic heterocycles. The molecule has 0 amide bonds. The lowest BCUT2D eigenvalue weighted by molar-refractivity contribution is 0.267. The summed E-state index contributed by atoms with van der Waals surface area (Å²) in [7, 11) is 0. The zero-order valence-corrected chi connectivity index (χ0v) is 25.0. The number of hydrogen-bond acceptors (Lipinski definition) is 1. The molecule has 1 aromatic carbocycles. The smallest absolute Gasteiger partial charge is 0.00187 e. The van der Waals surface area contributed by atoms with Crippen LogP contribution in [0.5, 0.6) is 0 Å². The summed E-state index contributed by atoms with van der Waals surface area (Å²) >= 11 is 0. The van der Waals surface area contributed by atoms with Gasteiger partial charge in [-0.15, -0.1) is 12.4 Å². The third kappa shape index (κ3) is 21.3. The molecular formula is C33H62ClN. The zero-order valence-electron chi connectivity index (χ0n) is 24.1. The highest BCUT2D eigenvalue weighted by atomic mass is 35.5. The number of halogens is 1. The van der Waals surface area contributed by atoms with Crippen molar-refractivity contribution in [2.75, 3.05) is 19.6 Å². The van der Waals surface area contributed by atoms with Crippen molar-refractivity contribution < 1.29 is 0 Å². The Bertz CT molecular complexity index is 538. The minimum Gasteiger partial charge on any atom is -0.303 e. The molecule has 0 aliphatic carbocycles. The van der Waals surface area contributed by atoms with E-state index in [1.165, 1.54) is 160 Å². The number of hydrogen-bond donors (Lipinski definition) is 0. The molecule has 0 aliphatic rings. The third-order valence-corrected chi connectivity index (χ3v) is 7.51. The fourth-order valence-electron chi connectivity index (χ4n) is 5.34. The van der Waals surface area contributed by atoms with Crippen molar-refractivity contribution in [1.82, 2.24) is 4.90 Å².